The number of para-hydroxylation sites is 1. The Labute approximate surface area is 216 Å². The Balaban J connectivity index is 1.41. The van der Waals surface area contributed by atoms with E-state index in [1.54, 1.807) is 23.5 Å². The molecule has 0 amide bonds. The monoisotopic (exact) mass is 528 g/mol. The molecule has 0 unspecified atom stereocenters. The van der Waals surface area contributed by atoms with Crippen molar-refractivity contribution in [3.8, 4) is 11.3 Å². The molecule has 2 aliphatic rings. The minimum absolute atomic E-state index is 0.316. The fraction of sp³-hybridized carbons (Fsp3) is 0.423. The average Bonchev–Trinajstić information content (AvgIpc) is 3.32. The number of hydrogen-bond acceptors (Lipinski definition) is 7. The molecule has 0 radical (unpaired) electrons. The van der Waals surface area contributed by atoms with Gasteiger partial charge < -0.3 is 14.0 Å². The Morgan fingerprint density at radius 2 is 1.50 bits per heavy atom. The molecular formula is C26H32N4O4S2. The van der Waals surface area contributed by atoms with Crippen molar-refractivity contribution in [2.75, 3.05) is 59.2 Å². The van der Waals surface area contributed by atoms with E-state index >= 15 is 0 Å². The number of ether oxygens (including phenoxy) is 2. The highest BCUT2D eigenvalue weighted by atomic mass is 32.2. The summed E-state index contributed by atoms with van der Waals surface area (Å²) in [5, 5.41) is 2.11. The topological polar surface area (TPSA) is 76.4 Å². The van der Waals surface area contributed by atoms with E-state index in [-0.39, 0.29) is 0 Å². The van der Waals surface area contributed by atoms with Crippen molar-refractivity contribution < 1.29 is 17.9 Å². The maximum atomic E-state index is 13.0. The maximum Gasteiger partial charge on any atom is 0.243 e. The van der Waals surface area contributed by atoms with Crippen LogP contribution in [0.5, 0.6) is 0 Å². The molecule has 8 nitrogen and oxygen atoms in total. The van der Waals surface area contributed by atoms with Crippen LogP contribution in [0.25, 0.3) is 11.3 Å². The van der Waals surface area contributed by atoms with Crippen molar-refractivity contribution in [1.29, 1.82) is 0 Å². The van der Waals surface area contributed by atoms with Crippen molar-refractivity contribution in [3.05, 3.63) is 64.8 Å². The summed E-state index contributed by atoms with van der Waals surface area (Å²) in [5.74, 6) is 0. The number of nitrogens with zero attached hydrogens (tertiary/aromatic N) is 4. The average molecular weight is 529 g/mol. The molecule has 2 fully saturated rings. The smallest absolute Gasteiger partial charge is 0.243 e. The van der Waals surface area contributed by atoms with Gasteiger partial charge in [-0.3, -0.25) is 4.90 Å². The predicted octanol–water partition coefficient (Wildman–Crippen LogP) is 3.19. The van der Waals surface area contributed by atoms with E-state index in [0.29, 0.717) is 31.2 Å². The third kappa shape index (κ3) is 5.96. The van der Waals surface area contributed by atoms with Crippen molar-refractivity contribution >= 4 is 27.0 Å². The second-order valence-electron chi connectivity index (χ2n) is 8.85. The van der Waals surface area contributed by atoms with Crippen LogP contribution in [0.15, 0.2) is 69.9 Å². The van der Waals surface area contributed by atoms with Gasteiger partial charge in [0.15, 0.2) is 4.80 Å². The molecule has 5 rings (SSSR count). The molecule has 1 aromatic heterocycles. The minimum atomic E-state index is -3.52. The quantitative estimate of drug-likeness (QED) is 0.449. The zero-order valence-corrected chi connectivity index (χ0v) is 21.9. The van der Waals surface area contributed by atoms with Crippen LogP contribution in [-0.2, 0) is 26.0 Å². The highest BCUT2D eigenvalue weighted by Gasteiger charge is 2.26. The van der Waals surface area contributed by atoms with Gasteiger partial charge in [0, 0.05) is 44.6 Å². The molecule has 3 aromatic rings. The molecule has 0 aliphatic carbocycles. The van der Waals surface area contributed by atoms with Crippen molar-refractivity contribution in [2.45, 2.75) is 17.9 Å². The molecule has 0 atom stereocenters. The van der Waals surface area contributed by atoms with Gasteiger partial charge in [-0.15, -0.1) is 11.3 Å². The number of hydrogen-bond donors (Lipinski definition) is 0. The van der Waals surface area contributed by atoms with Crippen molar-refractivity contribution in [3.63, 3.8) is 0 Å². The van der Waals surface area contributed by atoms with Crippen LogP contribution in [0.3, 0.4) is 0 Å². The highest BCUT2D eigenvalue weighted by molar-refractivity contribution is 7.89. The van der Waals surface area contributed by atoms with Gasteiger partial charge in [0.1, 0.15) is 0 Å². The van der Waals surface area contributed by atoms with E-state index in [1.165, 1.54) is 4.31 Å². The van der Waals surface area contributed by atoms with Crippen LogP contribution in [-0.4, -0.2) is 81.3 Å². The summed E-state index contributed by atoms with van der Waals surface area (Å²) in [7, 11) is -3.52. The van der Waals surface area contributed by atoms with Gasteiger partial charge in [0.25, 0.3) is 0 Å². The van der Waals surface area contributed by atoms with E-state index in [0.717, 1.165) is 67.6 Å². The first kappa shape index (κ1) is 25.3. The lowest BCUT2D eigenvalue weighted by Crippen LogP contribution is -2.40. The Hall–Kier alpha value is -2.34. The third-order valence-electron chi connectivity index (χ3n) is 6.50. The van der Waals surface area contributed by atoms with Gasteiger partial charge in [-0.1, -0.05) is 30.3 Å². The zero-order chi connectivity index (χ0) is 24.8. The normalized spacial score (nSPS) is 18.5. The first-order chi connectivity index (χ1) is 17.6. The zero-order valence-electron chi connectivity index (χ0n) is 20.3. The molecule has 3 heterocycles. The number of rotatable bonds is 8. The summed E-state index contributed by atoms with van der Waals surface area (Å²) in [4.78, 5) is 8.59. The molecule has 36 heavy (non-hydrogen) atoms. The van der Waals surface area contributed by atoms with Gasteiger partial charge >= 0.3 is 0 Å². The standard InChI is InChI=1S/C26H32N4O4S2/c31-36(32,29-15-19-34-20-16-29)24-9-7-22(8-10-24)25-21-35-26(27-23-5-2-1-3-6-23)30(25)12-4-11-28-13-17-33-18-14-28/h1-3,5-10,21H,4,11-20H2. The molecule has 0 spiro atoms. The SMILES string of the molecule is O=S(=O)(c1ccc(-c2csc(=Nc3ccccc3)n2CCCN2CCOCC2)cc1)N1CCOCC1. The van der Waals surface area contributed by atoms with E-state index in [2.05, 4.69) is 14.8 Å². The lowest BCUT2D eigenvalue weighted by molar-refractivity contribution is 0.0369. The Kier molecular flexibility index (Phi) is 8.30. The van der Waals surface area contributed by atoms with Gasteiger partial charge in [-0.25, -0.2) is 13.4 Å². The molecular weight excluding hydrogens is 496 g/mol. The molecule has 0 bridgehead atoms. The van der Waals surface area contributed by atoms with E-state index in [1.807, 2.05) is 42.5 Å². The molecule has 192 valence electrons. The molecule has 10 heteroatoms. The minimum Gasteiger partial charge on any atom is -0.379 e. The number of aromatic nitrogens is 1. The van der Waals surface area contributed by atoms with Crippen LogP contribution < -0.4 is 4.80 Å². The Bertz CT molecular complexity index is 1290. The summed E-state index contributed by atoms with van der Waals surface area (Å²) in [5.41, 5.74) is 2.94. The number of morpholine rings is 2. The van der Waals surface area contributed by atoms with Crippen LogP contribution in [0.2, 0.25) is 0 Å². The van der Waals surface area contributed by atoms with Gasteiger partial charge in [-0.2, -0.15) is 4.31 Å². The van der Waals surface area contributed by atoms with E-state index in [9.17, 15) is 8.42 Å². The second-order valence-corrected chi connectivity index (χ2v) is 11.6. The molecule has 0 saturated carbocycles. The maximum absolute atomic E-state index is 13.0. The first-order valence-electron chi connectivity index (χ1n) is 12.4. The summed E-state index contributed by atoms with van der Waals surface area (Å²) >= 11 is 1.61. The van der Waals surface area contributed by atoms with Crippen molar-refractivity contribution in [2.24, 2.45) is 4.99 Å². The Morgan fingerprint density at radius 3 is 2.19 bits per heavy atom. The summed E-state index contributed by atoms with van der Waals surface area (Å²) in [6.07, 6.45) is 0.995. The van der Waals surface area contributed by atoms with Crippen LogP contribution >= 0.6 is 11.3 Å². The summed E-state index contributed by atoms with van der Waals surface area (Å²) < 4.78 is 40.6. The molecule has 2 aromatic carbocycles. The lowest BCUT2D eigenvalue weighted by Gasteiger charge is -2.26. The number of sulfonamides is 1. The fourth-order valence-corrected chi connectivity index (χ4v) is 6.85. The van der Waals surface area contributed by atoms with Gasteiger partial charge in [-0.05, 0) is 36.2 Å². The van der Waals surface area contributed by atoms with Crippen LogP contribution in [0.4, 0.5) is 5.69 Å². The van der Waals surface area contributed by atoms with Gasteiger partial charge in [0.05, 0.1) is 42.7 Å². The largest absolute Gasteiger partial charge is 0.379 e. The number of benzene rings is 2. The molecule has 2 aliphatic heterocycles. The fourth-order valence-electron chi connectivity index (χ4n) is 4.49. The lowest BCUT2D eigenvalue weighted by atomic mass is 10.2. The number of thiazole rings is 1. The van der Waals surface area contributed by atoms with Gasteiger partial charge in [0.2, 0.25) is 10.0 Å². The third-order valence-corrected chi connectivity index (χ3v) is 9.27. The molecule has 2 saturated heterocycles. The summed E-state index contributed by atoms with van der Waals surface area (Å²) in [6.45, 7) is 7.03. The summed E-state index contributed by atoms with van der Waals surface area (Å²) in [6, 6.07) is 17.2. The van der Waals surface area contributed by atoms with E-state index < -0.39 is 10.0 Å². The second kappa shape index (κ2) is 11.8. The van der Waals surface area contributed by atoms with E-state index in [4.69, 9.17) is 14.5 Å². The molecule has 0 N–H and O–H groups in total. The Morgan fingerprint density at radius 1 is 0.833 bits per heavy atom. The highest BCUT2D eigenvalue weighted by Crippen LogP contribution is 2.25. The predicted molar refractivity (Wildman–Crippen MR) is 141 cm³/mol. The van der Waals surface area contributed by atoms with Crippen LogP contribution in [0.1, 0.15) is 6.42 Å². The van der Waals surface area contributed by atoms with Crippen LogP contribution in [0, 0.1) is 0 Å². The van der Waals surface area contributed by atoms with Crippen molar-refractivity contribution in [1.82, 2.24) is 13.8 Å². The first-order valence-corrected chi connectivity index (χ1v) is 14.7.